The Labute approximate surface area is 140 Å². The molecule has 0 aromatic heterocycles. The molecule has 24 heavy (non-hydrogen) atoms. The van der Waals surface area contributed by atoms with E-state index in [9.17, 15) is 14.7 Å². The van der Waals surface area contributed by atoms with Crippen LogP contribution < -0.4 is 4.74 Å². The van der Waals surface area contributed by atoms with E-state index in [-0.39, 0.29) is 11.5 Å². The van der Waals surface area contributed by atoms with Crippen molar-refractivity contribution >= 4 is 11.9 Å². The number of aromatic carboxylic acids is 1. The highest BCUT2D eigenvalue weighted by atomic mass is 16.5. The lowest BCUT2D eigenvalue weighted by Gasteiger charge is -2.17. The minimum absolute atomic E-state index is 0.0747. The number of carbonyl (C=O) groups is 2. The second-order valence-electron chi connectivity index (χ2n) is 5.26. The van der Waals surface area contributed by atoms with Gasteiger partial charge in [-0.25, -0.2) is 4.79 Å². The van der Waals surface area contributed by atoms with E-state index >= 15 is 0 Å². The topological polar surface area (TPSA) is 72.8 Å². The van der Waals surface area contributed by atoms with Crippen LogP contribution in [0.3, 0.4) is 0 Å². The zero-order valence-corrected chi connectivity index (χ0v) is 13.7. The van der Waals surface area contributed by atoms with Crippen molar-refractivity contribution in [3.8, 4) is 5.75 Å². The second-order valence-corrected chi connectivity index (χ2v) is 5.26. The summed E-state index contributed by atoms with van der Waals surface area (Å²) in [6.07, 6.45) is 0.354. The van der Waals surface area contributed by atoms with Gasteiger partial charge in [-0.3, -0.25) is 4.79 Å². The average molecular weight is 328 g/mol. The third-order valence-electron chi connectivity index (χ3n) is 3.71. The van der Waals surface area contributed by atoms with Crippen LogP contribution >= 0.6 is 0 Å². The monoisotopic (exact) mass is 328 g/mol. The molecule has 0 amide bonds. The molecule has 0 saturated heterocycles. The van der Waals surface area contributed by atoms with Gasteiger partial charge in [-0.1, -0.05) is 36.4 Å². The number of rotatable bonds is 7. The number of carbonyl (C=O) groups excluding carboxylic acids is 1. The number of hydrogen-bond acceptors (Lipinski definition) is 4. The molecule has 5 nitrogen and oxygen atoms in total. The Bertz CT molecular complexity index is 709. The minimum atomic E-state index is -1.07. The Morgan fingerprint density at radius 3 is 2.42 bits per heavy atom. The summed E-state index contributed by atoms with van der Waals surface area (Å²) >= 11 is 0. The molecule has 0 saturated carbocycles. The molecule has 2 rings (SSSR count). The predicted molar refractivity (Wildman–Crippen MR) is 89.5 cm³/mol. The third-order valence-corrected chi connectivity index (χ3v) is 3.71. The number of hydrogen-bond donors (Lipinski definition) is 1. The van der Waals surface area contributed by atoms with Crippen LogP contribution in [0.1, 0.15) is 34.3 Å². The zero-order chi connectivity index (χ0) is 17.5. The van der Waals surface area contributed by atoms with Crippen molar-refractivity contribution in [1.82, 2.24) is 0 Å². The van der Waals surface area contributed by atoms with Crippen LogP contribution in [0.5, 0.6) is 5.75 Å². The first-order chi connectivity index (χ1) is 11.6. The average Bonchev–Trinajstić information content (AvgIpc) is 2.60. The molecule has 0 aliphatic heterocycles. The van der Waals surface area contributed by atoms with E-state index in [1.54, 1.807) is 19.1 Å². The van der Waals surface area contributed by atoms with E-state index in [2.05, 4.69) is 0 Å². The molecular formula is C19H20O5. The molecular weight excluding hydrogens is 308 g/mol. The Morgan fingerprint density at radius 2 is 1.83 bits per heavy atom. The molecule has 1 atom stereocenters. The van der Waals surface area contributed by atoms with E-state index in [4.69, 9.17) is 9.47 Å². The van der Waals surface area contributed by atoms with Crippen LogP contribution in [0, 0.1) is 0 Å². The summed E-state index contributed by atoms with van der Waals surface area (Å²) in [7, 11) is 1.42. The van der Waals surface area contributed by atoms with Crippen molar-refractivity contribution in [2.45, 2.75) is 19.3 Å². The second kappa shape index (κ2) is 8.15. The predicted octanol–water partition coefficient (Wildman–Crippen LogP) is 3.28. The number of esters is 1. The highest BCUT2D eigenvalue weighted by Gasteiger charge is 2.23. The number of methoxy groups -OCH3 is 1. The largest absolute Gasteiger partial charge is 0.496 e. The number of carboxylic acids is 1. The van der Waals surface area contributed by atoms with Gasteiger partial charge < -0.3 is 14.6 Å². The molecule has 2 aromatic rings. The normalized spacial score (nSPS) is 11.6. The van der Waals surface area contributed by atoms with Crippen LogP contribution in [-0.2, 0) is 16.0 Å². The van der Waals surface area contributed by atoms with Crippen molar-refractivity contribution < 1.29 is 24.2 Å². The van der Waals surface area contributed by atoms with Crippen molar-refractivity contribution in [2.75, 3.05) is 13.7 Å². The molecule has 0 radical (unpaired) electrons. The molecule has 0 heterocycles. The molecule has 5 heteroatoms. The van der Waals surface area contributed by atoms with Crippen LogP contribution in [0.4, 0.5) is 0 Å². The highest BCUT2D eigenvalue weighted by molar-refractivity contribution is 5.91. The molecule has 126 valence electrons. The van der Waals surface area contributed by atoms with Gasteiger partial charge in [0, 0.05) is 0 Å². The van der Waals surface area contributed by atoms with Gasteiger partial charge in [-0.05, 0) is 36.6 Å². The minimum Gasteiger partial charge on any atom is -0.496 e. The van der Waals surface area contributed by atoms with Crippen molar-refractivity contribution in [3.05, 3.63) is 65.2 Å². The number of ether oxygens (including phenoxy) is 2. The van der Waals surface area contributed by atoms with Crippen molar-refractivity contribution in [2.24, 2.45) is 0 Å². The molecule has 0 aliphatic carbocycles. The maximum Gasteiger partial charge on any atom is 0.339 e. The van der Waals surface area contributed by atoms with Gasteiger partial charge in [0.1, 0.15) is 11.3 Å². The molecule has 1 N–H and O–H groups in total. The molecule has 0 fully saturated rings. The van der Waals surface area contributed by atoms with Gasteiger partial charge >= 0.3 is 11.9 Å². The standard InChI is InChI=1S/C19H20O5/c1-3-24-19(22)15(14-7-5-4-6-8-14)11-13-9-10-17(23-2)16(12-13)18(20)21/h4-10,12,15H,3,11H2,1-2H3,(H,20,21). The number of benzene rings is 2. The fourth-order valence-corrected chi connectivity index (χ4v) is 2.55. The lowest BCUT2D eigenvalue weighted by atomic mass is 9.91. The Hall–Kier alpha value is -2.82. The molecule has 0 bridgehead atoms. The van der Waals surface area contributed by atoms with Gasteiger partial charge in [0.25, 0.3) is 0 Å². The van der Waals surface area contributed by atoms with Crippen LogP contribution in [0.15, 0.2) is 48.5 Å². The zero-order valence-electron chi connectivity index (χ0n) is 13.7. The summed E-state index contributed by atoms with van der Waals surface area (Å²) < 4.78 is 10.2. The summed E-state index contributed by atoms with van der Waals surface area (Å²) in [5.41, 5.74) is 1.64. The molecule has 0 aliphatic rings. The lowest BCUT2D eigenvalue weighted by molar-refractivity contribution is -0.144. The van der Waals surface area contributed by atoms with E-state index < -0.39 is 11.9 Å². The van der Waals surface area contributed by atoms with Gasteiger partial charge in [-0.2, -0.15) is 0 Å². The van der Waals surface area contributed by atoms with E-state index in [1.807, 2.05) is 30.3 Å². The highest BCUT2D eigenvalue weighted by Crippen LogP contribution is 2.26. The maximum atomic E-state index is 12.3. The summed E-state index contributed by atoms with van der Waals surface area (Å²) in [6, 6.07) is 14.2. The third kappa shape index (κ3) is 4.13. The van der Waals surface area contributed by atoms with Crippen molar-refractivity contribution in [3.63, 3.8) is 0 Å². The summed E-state index contributed by atoms with van der Waals surface area (Å²) in [5.74, 6) is -1.59. The van der Waals surface area contributed by atoms with Gasteiger partial charge in [0.2, 0.25) is 0 Å². The van der Waals surface area contributed by atoms with Gasteiger partial charge in [0.05, 0.1) is 19.6 Å². The first-order valence-corrected chi connectivity index (χ1v) is 7.68. The van der Waals surface area contributed by atoms with E-state index in [0.29, 0.717) is 18.8 Å². The van der Waals surface area contributed by atoms with E-state index in [1.165, 1.54) is 13.2 Å². The SMILES string of the molecule is CCOC(=O)C(Cc1ccc(OC)c(C(=O)O)c1)c1ccccc1. The first kappa shape index (κ1) is 17.5. The molecule has 1 unspecified atom stereocenters. The first-order valence-electron chi connectivity index (χ1n) is 7.68. The van der Waals surface area contributed by atoms with Crippen LogP contribution in [0.2, 0.25) is 0 Å². The van der Waals surface area contributed by atoms with Crippen LogP contribution in [0.25, 0.3) is 0 Å². The van der Waals surface area contributed by atoms with Gasteiger partial charge in [0.15, 0.2) is 0 Å². The quantitative estimate of drug-likeness (QED) is 0.790. The summed E-state index contributed by atoms with van der Waals surface area (Å²) in [4.78, 5) is 23.7. The Balaban J connectivity index is 2.34. The van der Waals surface area contributed by atoms with Gasteiger partial charge in [-0.15, -0.1) is 0 Å². The fourth-order valence-electron chi connectivity index (χ4n) is 2.55. The Morgan fingerprint density at radius 1 is 1.12 bits per heavy atom. The fraction of sp³-hybridized carbons (Fsp3) is 0.263. The molecule has 2 aromatic carbocycles. The maximum absolute atomic E-state index is 12.3. The summed E-state index contributed by atoms with van der Waals surface area (Å²) in [6.45, 7) is 2.06. The van der Waals surface area contributed by atoms with Crippen molar-refractivity contribution in [1.29, 1.82) is 0 Å². The van der Waals surface area contributed by atoms with Crippen LogP contribution in [-0.4, -0.2) is 30.8 Å². The van der Waals surface area contributed by atoms with E-state index in [0.717, 1.165) is 11.1 Å². The lowest BCUT2D eigenvalue weighted by Crippen LogP contribution is -2.18. The number of carboxylic acid groups (broad SMARTS) is 1. The molecule has 0 spiro atoms. The summed E-state index contributed by atoms with van der Waals surface area (Å²) in [5, 5.41) is 9.29. The smallest absolute Gasteiger partial charge is 0.339 e. The Kier molecular flexibility index (Phi) is 5.95.